The van der Waals surface area contributed by atoms with Gasteiger partial charge in [-0.15, -0.1) is 0 Å². The fourth-order valence-electron chi connectivity index (χ4n) is 3.29. The zero-order chi connectivity index (χ0) is 18.4. The van der Waals surface area contributed by atoms with Crippen molar-refractivity contribution >= 4 is 22.6 Å². The summed E-state index contributed by atoms with van der Waals surface area (Å²) in [6.07, 6.45) is 2.53. The lowest BCUT2D eigenvalue weighted by Gasteiger charge is -2.27. The van der Waals surface area contributed by atoms with E-state index in [1.165, 1.54) is 5.56 Å². The Balaban J connectivity index is 1.87. The standard InChI is InChI=1S/C20H27N3O3/c1-3-15-6-5-7-16-18(15)22-14-17(20(24)26-4-2)19(16)21-8-9-23-10-12-25-13-11-23/h5-7,14H,3-4,8-13H2,1-2H3,(H,21,22). The van der Waals surface area contributed by atoms with Crippen molar-refractivity contribution in [2.45, 2.75) is 20.3 Å². The predicted molar refractivity (Wildman–Crippen MR) is 103 cm³/mol. The van der Waals surface area contributed by atoms with Gasteiger partial charge >= 0.3 is 5.97 Å². The minimum atomic E-state index is -0.335. The normalized spacial score (nSPS) is 15.2. The van der Waals surface area contributed by atoms with E-state index < -0.39 is 0 Å². The number of esters is 1. The van der Waals surface area contributed by atoms with Crippen molar-refractivity contribution in [2.75, 3.05) is 51.3 Å². The number of fused-ring (bicyclic) bond motifs is 1. The van der Waals surface area contributed by atoms with Crippen molar-refractivity contribution in [1.82, 2.24) is 9.88 Å². The third kappa shape index (κ3) is 4.14. The van der Waals surface area contributed by atoms with Gasteiger partial charge in [0, 0.05) is 37.8 Å². The van der Waals surface area contributed by atoms with Gasteiger partial charge in [-0.3, -0.25) is 9.88 Å². The highest BCUT2D eigenvalue weighted by Gasteiger charge is 2.18. The van der Waals surface area contributed by atoms with Crippen molar-refractivity contribution in [3.8, 4) is 0 Å². The van der Waals surface area contributed by atoms with Crippen LogP contribution < -0.4 is 5.32 Å². The van der Waals surface area contributed by atoms with Gasteiger partial charge in [-0.1, -0.05) is 25.1 Å². The molecule has 0 bridgehead atoms. The molecule has 0 atom stereocenters. The molecular weight excluding hydrogens is 330 g/mol. The lowest BCUT2D eigenvalue weighted by atomic mass is 10.0. The molecule has 2 aromatic rings. The Labute approximate surface area is 154 Å². The fraction of sp³-hybridized carbons (Fsp3) is 0.500. The van der Waals surface area contributed by atoms with Gasteiger partial charge in [-0.05, 0) is 18.9 Å². The van der Waals surface area contributed by atoms with Crippen LogP contribution in [0.5, 0.6) is 0 Å². The second-order valence-electron chi connectivity index (χ2n) is 6.31. The number of hydrogen-bond acceptors (Lipinski definition) is 6. The first-order valence-corrected chi connectivity index (χ1v) is 9.36. The molecule has 1 aliphatic heterocycles. The molecule has 0 spiro atoms. The molecule has 1 N–H and O–H groups in total. The van der Waals surface area contributed by atoms with Crippen molar-refractivity contribution in [2.24, 2.45) is 0 Å². The number of nitrogens with zero attached hydrogens (tertiary/aromatic N) is 2. The SMILES string of the molecule is CCOC(=O)c1cnc2c(CC)cccc2c1NCCN1CCOCC1. The van der Waals surface area contributed by atoms with Crippen LogP contribution in [0.2, 0.25) is 0 Å². The van der Waals surface area contributed by atoms with Crippen LogP contribution in [0.25, 0.3) is 10.9 Å². The molecule has 2 heterocycles. The number of carbonyl (C=O) groups excluding carboxylic acids is 1. The van der Waals surface area contributed by atoms with Crippen LogP contribution in [0.1, 0.15) is 29.8 Å². The monoisotopic (exact) mass is 357 g/mol. The number of pyridine rings is 1. The first-order chi connectivity index (χ1) is 12.7. The lowest BCUT2D eigenvalue weighted by Crippen LogP contribution is -2.39. The van der Waals surface area contributed by atoms with E-state index >= 15 is 0 Å². The van der Waals surface area contributed by atoms with Crippen LogP contribution in [-0.2, 0) is 15.9 Å². The van der Waals surface area contributed by atoms with Crippen LogP contribution in [0.4, 0.5) is 5.69 Å². The average molecular weight is 357 g/mol. The summed E-state index contributed by atoms with van der Waals surface area (Å²) < 4.78 is 10.6. The van der Waals surface area contributed by atoms with Gasteiger partial charge in [0.05, 0.1) is 31.0 Å². The van der Waals surface area contributed by atoms with Crippen LogP contribution in [0, 0.1) is 0 Å². The maximum absolute atomic E-state index is 12.4. The van der Waals surface area contributed by atoms with Crippen LogP contribution >= 0.6 is 0 Å². The number of ether oxygens (including phenoxy) is 2. The number of aryl methyl sites for hydroxylation is 1. The van der Waals surface area contributed by atoms with Gasteiger partial charge in [-0.25, -0.2) is 4.79 Å². The van der Waals surface area contributed by atoms with Crippen molar-refractivity contribution in [3.05, 3.63) is 35.5 Å². The van der Waals surface area contributed by atoms with Gasteiger partial charge in [0.2, 0.25) is 0 Å². The van der Waals surface area contributed by atoms with Crippen molar-refractivity contribution in [3.63, 3.8) is 0 Å². The molecule has 1 aliphatic rings. The first kappa shape index (κ1) is 18.6. The molecule has 6 heteroatoms. The number of anilines is 1. The molecule has 0 saturated carbocycles. The molecule has 140 valence electrons. The molecule has 6 nitrogen and oxygen atoms in total. The summed E-state index contributed by atoms with van der Waals surface area (Å²) in [6, 6.07) is 6.11. The number of para-hydroxylation sites is 1. The van der Waals surface area contributed by atoms with Crippen LogP contribution in [0.3, 0.4) is 0 Å². The molecule has 1 saturated heterocycles. The van der Waals surface area contributed by atoms with E-state index in [4.69, 9.17) is 9.47 Å². The van der Waals surface area contributed by atoms with Gasteiger partial charge in [-0.2, -0.15) is 0 Å². The van der Waals surface area contributed by atoms with E-state index in [0.717, 1.165) is 62.4 Å². The Morgan fingerprint density at radius 1 is 1.31 bits per heavy atom. The number of aromatic nitrogens is 1. The Kier molecular flexibility index (Phi) is 6.41. The number of morpholine rings is 1. The Morgan fingerprint density at radius 2 is 2.12 bits per heavy atom. The second-order valence-corrected chi connectivity index (χ2v) is 6.31. The summed E-state index contributed by atoms with van der Waals surface area (Å²) >= 11 is 0. The van der Waals surface area contributed by atoms with Gasteiger partial charge in [0.1, 0.15) is 5.56 Å². The summed E-state index contributed by atoms with van der Waals surface area (Å²) in [5.74, 6) is -0.335. The Bertz CT molecular complexity index is 757. The summed E-state index contributed by atoms with van der Waals surface area (Å²) in [5.41, 5.74) is 3.43. The van der Waals surface area contributed by atoms with Crippen molar-refractivity contribution in [1.29, 1.82) is 0 Å². The van der Waals surface area contributed by atoms with Gasteiger partial charge < -0.3 is 14.8 Å². The Morgan fingerprint density at radius 3 is 2.85 bits per heavy atom. The maximum Gasteiger partial charge on any atom is 0.341 e. The first-order valence-electron chi connectivity index (χ1n) is 9.36. The minimum absolute atomic E-state index is 0.335. The summed E-state index contributed by atoms with van der Waals surface area (Å²) in [4.78, 5) is 19.3. The molecule has 1 aromatic heterocycles. The fourth-order valence-corrected chi connectivity index (χ4v) is 3.29. The zero-order valence-electron chi connectivity index (χ0n) is 15.6. The van der Waals surface area contributed by atoms with E-state index in [1.54, 1.807) is 6.20 Å². The molecular formula is C20H27N3O3. The minimum Gasteiger partial charge on any atom is -0.462 e. The molecule has 0 aliphatic carbocycles. The summed E-state index contributed by atoms with van der Waals surface area (Å²) in [7, 11) is 0. The number of carbonyl (C=O) groups is 1. The third-order valence-corrected chi connectivity index (χ3v) is 4.69. The lowest BCUT2D eigenvalue weighted by molar-refractivity contribution is 0.0398. The summed E-state index contributed by atoms with van der Waals surface area (Å²) in [5, 5.41) is 4.44. The number of nitrogens with one attached hydrogen (secondary N) is 1. The number of benzene rings is 1. The highest BCUT2D eigenvalue weighted by molar-refractivity contribution is 6.05. The number of rotatable bonds is 7. The van der Waals surface area contributed by atoms with E-state index in [1.807, 2.05) is 19.1 Å². The van der Waals surface area contributed by atoms with E-state index in [0.29, 0.717) is 12.2 Å². The topological polar surface area (TPSA) is 63.7 Å². The second kappa shape index (κ2) is 8.96. The van der Waals surface area contributed by atoms with Gasteiger partial charge in [0.25, 0.3) is 0 Å². The van der Waals surface area contributed by atoms with Crippen LogP contribution in [-0.4, -0.2) is 61.9 Å². The van der Waals surface area contributed by atoms with E-state index in [9.17, 15) is 4.79 Å². The highest BCUT2D eigenvalue weighted by Crippen LogP contribution is 2.29. The largest absolute Gasteiger partial charge is 0.462 e. The quantitative estimate of drug-likeness (QED) is 0.769. The van der Waals surface area contributed by atoms with Crippen molar-refractivity contribution < 1.29 is 14.3 Å². The zero-order valence-corrected chi connectivity index (χ0v) is 15.6. The van der Waals surface area contributed by atoms with Gasteiger partial charge in [0.15, 0.2) is 0 Å². The third-order valence-electron chi connectivity index (χ3n) is 4.69. The summed E-state index contributed by atoms with van der Waals surface area (Å²) in [6.45, 7) is 9.39. The molecule has 26 heavy (non-hydrogen) atoms. The average Bonchev–Trinajstić information content (AvgIpc) is 2.68. The van der Waals surface area contributed by atoms with E-state index in [2.05, 4.69) is 28.2 Å². The van der Waals surface area contributed by atoms with Crippen LogP contribution in [0.15, 0.2) is 24.4 Å². The number of hydrogen-bond donors (Lipinski definition) is 1. The maximum atomic E-state index is 12.4. The predicted octanol–water partition coefficient (Wildman–Crippen LogP) is 2.72. The molecule has 0 radical (unpaired) electrons. The highest BCUT2D eigenvalue weighted by atomic mass is 16.5. The molecule has 1 fully saturated rings. The smallest absolute Gasteiger partial charge is 0.341 e. The van der Waals surface area contributed by atoms with E-state index in [-0.39, 0.29) is 5.97 Å². The molecule has 3 rings (SSSR count). The molecule has 1 aromatic carbocycles. The molecule has 0 unspecified atom stereocenters. The molecule has 0 amide bonds. The Hall–Kier alpha value is -2.18.